The molecular weight excluding hydrogens is 914 g/mol. The van der Waals surface area contributed by atoms with Crippen LogP contribution in [-0.2, 0) is 19.1 Å². The van der Waals surface area contributed by atoms with Crippen LogP contribution in [0.25, 0.3) is 0 Å². The molecule has 0 aromatic heterocycles. The van der Waals surface area contributed by atoms with Crippen molar-refractivity contribution in [2.24, 2.45) is 5.92 Å². The van der Waals surface area contributed by atoms with Gasteiger partial charge in [-0.1, -0.05) is 201 Å². The third kappa shape index (κ3) is 11.3. The molecule has 2 bridgehead atoms. The van der Waals surface area contributed by atoms with E-state index in [1.807, 2.05) is 42.6 Å². The number of carbonyl (C=O) groups excluding carboxylic acids is 2. The van der Waals surface area contributed by atoms with Gasteiger partial charge in [-0.3, -0.25) is 19.4 Å². The van der Waals surface area contributed by atoms with E-state index in [1.165, 1.54) is 45.5 Å². The molecule has 0 saturated carbocycles. The molecule has 8 heteroatoms. The lowest BCUT2D eigenvalue weighted by molar-refractivity contribution is -0.127. The topological polar surface area (TPSA) is 52.7 Å². The third-order valence-corrected chi connectivity index (χ3v) is 18.0. The Morgan fingerprint density at radius 2 is 1.03 bits per heavy atom. The number of rotatable bonds is 23. The molecule has 4 atom stereocenters. The van der Waals surface area contributed by atoms with E-state index < -0.39 is 9.49 Å². The van der Waals surface area contributed by atoms with Crippen LogP contribution in [0.1, 0.15) is 83.9 Å². The number of fused-ring (bicyclic) bond motifs is 2. The molecule has 2 saturated heterocycles. The zero-order chi connectivity index (χ0) is 48.9. The van der Waals surface area contributed by atoms with E-state index in [4.69, 9.17) is 0 Å². The van der Waals surface area contributed by atoms with Gasteiger partial charge in [0, 0.05) is 49.0 Å². The maximum atomic E-state index is 14.3. The molecular formula is C63H66FN3O2S2. The summed E-state index contributed by atoms with van der Waals surface area (Å²) in [4.78, 5) is 33.0. The Kier molecular flexibility index (Phi) is 17.0. The van der Waals surface area contributed by atoms with E-state index in [-0.39, 0.29) is 36.1 Å². The first-order valence-corrected chi connectivity index (χ1v) is 27.5. The SMILES string of the molecule is CCC(=O)C1C2CC[C@H](C[C@H]1c1ccc(F)cc1)N2CCCN(CCSC(c1ccccc1)(c1ccccc1)c1ccccc1)CC(=O)NCCSC(c1ccccc1)(c1ccccc1)c1ccccc1. The fourth-order valence-corrected chi connectivity index (χ4v) is 14.6. The monoisotopic (exact) mass is 979 g/mol. The molecule has 2 unspecified atom stereocenters. The minimum atomic E-state index is -0.466. The molecule has 71 heavy (non-hydrogen) atoms. The van der Waals surface area contributed by atoms with Gasteiger partial charge in [0.15, 0.2) is 0 Å². The van der Waals surface area contributed by atoms with Crippen molar-refractivity contribution in [2.45, 2.75) is 66.5 Å². The molecule has 2 aliphatic rings. The number of benzene rings is 7. The first kappa shape index (κ1) is 50.2. The fourth-order valence-electron chi connectivity index (χ4n) is 11.7. The molecule has 0 radical (unpaired) electrons. The van der Waals surface area contributed by atoms with Crippen LogP contribution in [0, 0.1) is 11.7 Å². The Balaban J connectivity index is 0.933. The lowest BCUT2D eigenvalue weighted by Gasteiger charge is -2.44. The Morgan fingerprint density at radius 3 is 1.46 bits per heavy atom. The molecule has 0 aliphatic carbocycles. The van der Waals surface area contributed by atoms with Crippen LogP contribution in [0.5, 0.6) is 0 Å². The number of piperidine rings is 1. The van der Waals surface area contributed by atoms with Gasteiger partial charge in [-0.15, -0.1) is 23.5 Å². The number of nitrogens with one attached hydrogen (secondary N) is 1. The van der Waals surface area contributed by atoms with Crippen LogP contribution in [0.15, 0.2) is 206 Å². The average molecular weight is 980 g/mol. The van der Waals surface area contributed by atoms with E-state index >= 15 is 0 Å². The number of carbonyl (C=O) groups is 2. The first-order valence-electron chi connectivity index (χ1n) is 25.5. The molecule has 364 valence electrons. The molecule has 1 amide bonds. The smallest absolute Gasteiger partial charge is 0.234 e. The summed E-state index contributed by atoms with van der Waals surface area (Å²) in [5.41, 5.74) is 8.34. The molecule has 7 aromatic carbocycles. The highest BCUT2D eigenvalue weighted by Crippen LogP contribution is 2.51. The summed E-state index contributed by atoms with van der Waals surface area (Å²) in [6.45, 7) is 5.13. The Labute approximate surface area is 429 Å². The zero-order valence-electron chi connectivity index (χ0n) is 40.8. The highest BCUT2D eigenvalue weighted by Gasteiger charge is 2.49. The summed E-state index contributed by atoms with van der Waals surface area (Å²) in [6, 6.07) is 72.0. The van der Waals surface area contributed by atoms with Crippen LogP contribution in [0.3, 0.4) is 0 Å². The van der Waals surface area contributed by atoms with Gasteiger partial charge in [0.1, 0.15) is 11.6 Å². The van der Waals surface area contributed by atoms with E-state index in [0.29, 0.717) is 30.5 Å². The van der Waals surface area contributed by atoms with Crippen LogP contribution < -0.4 is 5.32 Å². The van der Waals surface area contributed by atoms with Gasteiger partial charge in [0.2, 0.25) is 5.91 Å². The average Bonchev–Trinajstić information content (AvgIpc) is 3.70. The first-order chi connectivity index (χ1) is 34.9. The lowest BCUT2D eigenvalue weighted by Crippen LogP contribution is -2.51. The maximum absolute atomic E-state index is 14.3. The van der Waals surface area contributed by atoms with Crippen LogP contribution in [0.4, 0.5) is 4.39 Å². The Hall–Kier alpha value is -5.77. The summed E-state index contributed by atoms with van der Waals surface area (Å²) >= 11 is 3.79. The minimum Gasteiger partial charge on any atom is -0.354 e. The van der Waals surface area contributed by atoms with Crippen molar-refractivity contribution in [3.05, 3.63) is 251 Å². The van der Waals surface area contributed by atoms with Gasteiger partial charge in [-0.25, -0.2) is 4.39 Å². The molecule has 9 rings (SSSR count). The highest BCUT2D eigenvalue weighted by molar-refractivity contribution is 8.00. The number of hydrogen-bond acceptors (Lipinski definition) is 6. The highest BCUT2D eigenvalue weighted by atomic mass is 32.2. The largest absolute Gasteiger partial charge is 0.354 e. The summed E-state index contributed by atoms with van der Waals surface area (Å²) < 4.78 is 13.1. The number of ketones is 1. The standard InChI is InChI=1S/C63H66FN3O2S2/c1-2-59(68)61-57(48-34-36-55(64)37-35-48)46-56-38-39-58(61)67(56)42-21-41-66(43-45-71-63(52-28-15-6-16-29-52,53-30-17-7-18-31-53)54-32-19-8-20-33-54)47-60(69)65-40-44-70-62(49-22-9-3-10-23-49,50-24-11-4-12-25-50)51-26-13-5-14-27-51/h3-20,22-37,56-58,61H,2,21,38-47H2,1H3,(H,65,69)/t56-,57+,58?,61?/m1/s1. The minimum absolute atomic E-state index is 0.0227. The number of hydrogen-bond donors (Lipinski definition) is 1. The molecule has 2 fully saturated rings. The molecule has 2 heterocycles. The van der Waals surface area contributed by atoms with E-state index in [1.54, 1.807) is 0 Å². The van der Waals surface area contributed by atoms with E-state index in [9.17, 15) is 14.0 Å². The fraction of sp³-hybridized carbons (Fsp3) is 0.302. The summed E-state index contributed by atoms with van der Waals surface area (Å²) in [5, 5.41) is 3.36. The van der Waals surface area contributed by atoms with Crippen molar-refractivity contribution in [3.8, 4) is 0 Å². The number of amides is 1. The summed E-state index contributed by atoms with van der Waals surface area (Å²) in [7, 11) is 0. The summed E-state index contributed by atoms with van der Waals surface area (Å²) in [5.74, 6) is 1.57. The van der Waals surface area contributed by atoms with Crippen LogP contribution in [0.2, 0.25) is 0 Å². The van der Waals surface area contributed by atoms with E-state index in [0.717, 1.165) is 56.6 Å². The van der Waals surface area contributed by atoms with Crippen LogP contribution >= 0.6 is 23.5 Å². The zero-order valence-corrected chi connectivity index (χ0v) is 42.5. The van der Waals surface area contributed by atoms with Gasteiger partial charge < -0.3 is 5.32 Å². The van der Waals surface area contributed by atoms with Gasteiger partial charge in [-0.2, -0.15) is 0 Å². The number of thioether (sulfide) groups is 2. The maximum Gasteiger partial charge on any atom is 0.234 e. The number of Topliss-reactive ketones (excluding diaryl/α,β-unsaturated/α-hetero) is 1. The van der Waals surface area contributed by atoms with Crippen LogP contribution in [-0.4, -0.2) is 77.8 Å². The second-order valence-corrected chi connectivity index (χ2v) is 21.6. The number of halogens is 1. The van der Waals surface area contributed by atoms with Crippen molar-refractivity contribution in [1.29, 1.82) is 0 Å². The Bertz CT molecular complexity index is 2540. The van der Waals surface area contributed by atoms with Gasteiger partial charge in [-0.05, 0) is 95.8 Å². The predicted octanol–water partition coefficient (Wildman–Crippen LogP) is 13.0. The quantitative estimate of drug-likeness (QED) is 0.0509. The predicted molar refractivity (Wildman–Crippen MR) is 293 cm³/mol. The van der Waals surface area contributed by atoms with Gasteiger partial charge >= 0.3 is 0 Å². The molecule has 2 aliphatic heterocycles. The molecule has 0 spiro atoms. The van der Waals surface area contributed by atoms with Crippen molar-refractivity contribution >= 4 is 35.2 Å². The van der Waals surface area contributed by atoms with Crippen molar-refractivity contribution in [3.63, 3.8) is 0 Å². The lowest BCUT2D eigenvalue weighted by atomic mass is 9.73. The van der Waals surface area contributed by atoms with Crippen molar-refractivity contribution < 1.29 is 14.0 Å². The second kappa shape index (κ2) is 24.1. The van der Waals surface area contributed by atoms with E-state index in [2.05, 4.69) is 197 Å². The molecule has 5 nitrogen and oxygen atoms in total. The van der Waals surface area contributed by atoms with Gasteiger partial charge in [0.05, 0.1) is 16.0 Å². The molecule has 1 N–H and O–H groups in total. The summed E-state index contributed by atoms with van der Waals surface area (Å²) in [6.07, 6.45) is 4.35. The van der Waals surface area contributed by atoms with Crippen molar-refractivity contribution in [2.75, 3.05) is 44.2 Å². The second-order valence-electron chi connectivity index (χ2n) is 19.0. The molecule has 7 aromatic rings. The number of nitrogens with zero attached hydrogens (tertiary/aromatic N) is 2. The Morgan fingerprint density at radius 1 is 0.592 bits per heavy atom. The third-order valence-electron chi connectivity index (χ3n) is 14.9. The normalized spacial score (nSPS) is 18.1. The van der Waals surface area contributed by atoms with Gasteiger partial charge in [0.25, 0.3) is 0 Å². The van der Waals surface area contributed by atoms with Crippen molar-refractivity contribution in [1.82, 2.24) is 15.1 Å².